The monoisotopic (exact) mass is 511 g/mol. The van der Waals surface area contributed by atoms with Gasteiger partial charge < -0.3 is 14.8 Å². The number of pyridine rings is 2. The van der Waals surface area contributed by atoms with Crippen molar-refractivity contribution in [1.29, 1.82) is 0 Å². The Bertz CT molecular complexity index is 1340. The highest BCUT2D eigenvalue weighted by Crippen LogP contribution is 2.35. The van der Waals surface area contributed by atoms with Crippen LogP contribution < -0.4 is 10.1 Å². The summed E-state index contributed by atoms with van der Waals surface area (Å²) in [5, 5.41) is 3.92. The zero-order chi connectivity index (χ0) is 26.4. The standard InChI is InChI=1S/C27H28F3N5O2/c1-17(2)15-37-16-23-34-25(32-14-12-18-6-8-19(36-3)9-7-18)20-10-11-22(33-26(20)35-23)24-21(27(28,29)30)5-4-13-31-24/h4-11,13,17H,12,14-16H2,1-3H3,(H,32,33,34,35). The third-order valence-electron chi connectivity index (χ3n) is 5.51. The van der Waals surface area contributed by atoms with Crippen molar-refractivity contribution in [2.24, 2.45) is 5.92 Å². The number of alkyl halides is 3. The summed E-state index contributed by atoms with van der Waals surface area (Å²) in [6.45, 7) is 5.33. The Morgan fingerprint density at radius 3 is 2.46 bits per heavy atom. The normalized spacial score (nSPS) is 11.8. The van der Waals surface area contributed by atoms with Crippen molar-refractivity contribution >= 4 is 16.9 Å². The van der Waals surface area contributed by atoms with Gasteiger partial charge in [0.2, 0.25) is 0 Å². The van der Waals surface area contributed by atoms with Crippen LogP contribution in [0.4, 0.5) is 19.0 Å². The Morgan fingerprint density at radius 1 is 0.973 bits per heavy atom. The van der Waals surface area contributed by atoms with Gasteiger partial charge >= 0.3 is 6.18 Å². The molecule has 0 aliphatic heterocycles. The number of methoxy groups -OCH3 is 1. The molecule has 37 heavy (non-hydrogen) atoms. The van der Waals surface area contributed by atoms with Crippen molar-refractivity contribution in [3.05, 3.63) is 71.7 Å². The minimum absolute atomic E-state index is 0.0809. The molecule has 3 aromatic heterocycles. The zero-order valence-electron chi connectivity index (χ0n) is 20.8. The van der Waals surface area contributed by atoms with E-state index in [1.165, 1.54) is 18.3 Å². The van der Waals surface area contributed by atoms with Gasteiger partial charge in [-0.3, -0.25) is 4.98 Å². The maximum atomic E-state index is 13.6. The smallest absolute Gasteiger partial charge is 0.418 e. The summed E-state index contributed by atoms with van der Waals surface area (Å²) in [5.74, 6) is 2.05. The van der Waals surface area contributed by atoms with Gasteiger partial charge in [0.15, 0.2) is 11.5 Å². The van der Waals surface area contributed by atoms with E-state index in [9.17, 15) is 13.2 Å². The van der Waals surface area contributed by atoms with Gasteiger partial charge in [0.1, 0.15) is 23.9 Å². The van der Waals surface area contributed by atoms with Crippen molar-refractivity contribution in [3.63, 3.8) is 0 Å². The number of fused-ring (bicyclic) bond motifs is 1. The average Bonchev–Trinajstić information content (AvgIpc) is 2.88. The van der Waals surface area contributed by atoms with Crippen molar-refractivity contribution in [3.8, 4) is 17.1 Å². The summed E-state index contributed by atoms with van der Waals surface area (Å²) >= 11 is 0. The van der Waals surface area contributed by atoms with Crippen LogP contribution in [0.3, 0.4) is 0 Å². The Morgan fingerprint density at radius 2 is 1.76 bits per heavy atom. The molecule has 3 heterocycles. The lowest BCUT2D eigenvalue weighted by Crippen LogP contribution is -2.12. The van der Waals surface area contributed by atoms with Gasteiger partial charge in [-0.2, -0.15) is 13.2 Å². The number of benzene rings is 1. The highest BCUT2D eigenvalue weighted by molar-refractivity contribution is 5.88. The molecule has 10 heteroatoms. The van der Waals surface area contributed by atoms with Crippen molar-refractivity contribution in [1.82, 2.24) is 19.9 Å². The molecule has 0 saturated heterocycles. The molecule has 0 fully saturated rings. The molecule has 7 nitrogen and oxygen atoms in total. The lowest BCUT2D eigenvalue weighted by atomic mass is 10.1. The number of ether oxygens (including phenoxy) is 2. The quantitative estimate of drug-likeness (QED) is 0.282. The molecule has 0 unspecified atom stereocenters. The van der Waals surface area contributed by atoms with E-state index in [1.54, 1.807) is 13.2 Å². The highest BCUT2D eigenvalue weighted by atomic mass is 19.4. The first kappa shape index (κ1) is 26.3. The van der Waals surface area contributed by atoms with Crippen molar-refractivity contribution in [2.45, 2.75) is 33.1 Å². The summed E-state index contributed by atoms with van der Waals surface area (Å²) in [4.78, 5) is 17.5. The summed E-state index contributed by atoms with van der Waals surface area (Å²) in [6.07, 6.45) is -2.52. The fraction of sp³-hybridized carbons (Fsp3) is 0.333. The number of nitrogens with zero attached hydrogens (tertiary/aromatic N) is 4. The first-order valence-corrected chi connectivity index (χ1v) is 11.9. The molecule has 0 aliphatic carbocycles. The number of rotatable bonds is 10. The predicted molar refractivity (Wildman–Crippen MR) is 135 cm³/mol. The van der Waals surface area contributed by atoms with Gasteiger partial charge in [0.25, 0.3) is 0 Å². The molecule has 0 saturated carbocycles. The van der Waals surface area contributed by atoms with Crippen LogP contribution in [-0.4, -0.2) is 40.2 Å². The third-order valence-corrected chi connectivity index (χ3v) is 5.51. The van der Waals surface area contributed by atoms with E-state index >= 15 is 0 Å². The van der Waals surface area contributed by atoms with Gasteiger partial charge in [0, 0.05) is 19.3 Å². The van der Waals surface area contributed by atoms with Crippen LogP contribution >= 0.6 is 0 Å². The number of halogens is 3. The van der Waals surface area contributed by atoms with Crippen LogP contribution in [0.5, 0.6) is 5.75 Å². The van der Waals surface area contributed by atoms with Crippen LogP contribution in [0.1, 0.15) is 30.8 Å². The lowest BCUT2D eigenvalue weighted by molar-refractivity contribution is -0.137. The molecular weight excluding hydrogens is 483 g/mol. The van der Waals surface area contributed by atoms with Gasteiger partial charge in [-0.25, -0.2) is 15.0 Å². The molecule has 0 radical (unpaired) electrons. The first-order chi connectivity index (χ1) is 17.7. The molecule has 0 bridgehead atoms. The molecule has 1 N–H and O–H groups in total. The number of hydrogen-bond donors (Lipinski definition) is 1. The van der Waals surface area contributed by atoms with Crippen LogP contribution in [-0.2, 0) is 23.9 Å². The van der Waals surface area contributed by atoms with E-state index in [-0.39, 0.29) is 23.6 Å². The van der Waals surface area contributed by atoms with E-state index < -0.39 is 11.7 Å². The summed E-state index contributed by atoms with van der Waals surface area (Å²) in [7, 11) is 1.62. The van der Waals surface area contributed by atoms with E-state index in [0.29, 0.717) is 36.1 Å². The van der Waals surface area contributed by atoms with Gasteiger partial charge in [0.05, 0.1) is 23.8 Å². The number of nitrogens with one attached hydrogen (secondary N) is 1. The predicted octanol–water partition coefficient (Wildman–Crippen LogP) is 5.94. The molecule has 194 valence electrons. The topological polar surface area (TPSA) is 82.0 Å². The zero-order valence-corrected chi connectivity index (χ0v) is 20.8. The second-order valence-electron chi connectivity index (χ2n) is 8.89. The molecule has 0 amide bonds. The van der Waals surface area contributed by atoms with E-state index in [4.69, 9.17) is 9.47 Å². The second-order valence-corrected chi connectivity index (χ2v) is 8.89. The lowest BCUT2D eigenvalue weighted by Gasteiger charge is -2.14. The minimum Gasteiger partial charge on any atom is -0.497 e. The van der Waals surface area contributed by atoms with Crippen molar-refractivity contribution < 1.29 is 22.6 Å². The Labute approximate surface area is 213 Å². The Balaban J connectivity index is 1.65. The van der Waals surface area contributed by atoms with Gasteiger partial charge in [-0.05, 0) is 54.3 Å². The van der Waals surface area contributed by atoms with Crippen LogP contribution in [0.15, 0.2) is 54.7 Å². The number of hydrogen-bond acceptors (Lipinski definition) is 7. The summed E-state index contributed by atoms with van der Waals surface area (Å²) < 4.78 is 51.6. The molecule has 0 atom stereocenters. The minimum atomic E-state index is -4.56. The summed E-state index contributed by atoms with van der Waals surface area (Å²) in [6, 6.07) is 13.2. The fourth-order valence-corrected chi connectivity index (χ4v) is 3.73. The average molecular weight is 512 g/mol. The molecule has 4 aromatic rings. The Kier molecular flexibility index (Phi) is 8.17. The summed E-state index contributed by atoms with van der Waals surface area (Å²) in [5.41, 5.74) is 0.359. The van der Waals surface area contributed by atoms with E-state index in [0.717, 1.165) is 23.8 Å². The molecule has 0 spiro atoms. The molecule has 4 rings (SSSR count). The molecular formula is C27H28F3N5O2. The number of aromatic nitrogens is 4. The maximum absolute atomic E-state index is 13.6. The van der Waals surface area contributed by atoms with Crippen LogP contribution in [0.2, 0.25) is 0 Å². The van der Waals surface area contributed by atoms with E-state index in [1.807, 2.05) is 38.1 Å². The largest absolute Gasteiger partial charge is 0.497 e. The van der Waals surface area contributed by atoms with Crippen LogP contribution in [0.25, 0.3) is 22.4 Å². The first-order valence-electron chi connectivity index (χ1n) is 11.9. The third kappa shape index (κ3) is 6.71. The van der Waals surface area contributed by atoms with E-state index in [2.05, 4.69) is 25.3 Å². The SMILES string of the molecule is COc1ccc(CCNc2nc(COCC(C)C)nc3nc(-c4ncccc4C(F)(F)F)ccc23)cc1. The van der Waals surface area contributed by atoms with Gasteiger partial charge in [-0.15, -0.1) is 0 Å². The highest BCUT2D eigenvalue weighted by Gasteiger charge is 2.34. The Hall–Kier alpha value is -3.79. The molecule has 1 aromatic carbocycles. The number of anilines is 1. The molecule has 0 aliphatic rings. The van der Waals surface area contributed by atoms with Crippen molar-refractivity contribution in [2.75, 3.05) is 25.6 Å². The second kappa shape index (κ2) is 11.5. The fourth-order valence-electron chi connectivity index (χ4n) is 3.73. The maximum Gasteiger partial charge on any atom is 0.418 e. The van der Waals surface area contributed by atoms with Gasteiger partial charge in [-0.1, -0.05) is 26.0 Å². The van der Waals surface area contributed by atoms with Crippen LogP contribution in [0, 0.1) is 5.92 Å².